The summed E-state index contributed by atoms with van der Waals surface area (Å²) in [4.78, 5) is 19.8. The molecule has 0 N–H and O–H groups in total. The van der Waals surface area contributed by atoms with E-state index >= 15 is 0 Å². The molecule has 3 heterocycles. The number of hydrogen-bond donors (Lipinski definition) is 0. The van der Waals surface area contributed by atoms with Gasteiger partial charge in [0.05, 0.1) is 24.6 Å². The van der Waals surface area contributed by atoms with Crippen LogP contribution in [0.3, 0.4) is 0 Å². The van der Waals surface area contributed by atoms with Crippen LogP contribution in [0.1, 0.15) is 37.0 Å². The Hall–Kier alpha value is -2.73. The largest absolute Gasteiger partial charge is 0.378 e. The van der Waals surface area contributed by atoms with Gasteiger partial charge in [-0.1, -0.05) is 51.1 Å². The Balaban J connectivity index is 1.88. The molecule has 1 fully saturated rings. The second-order valence-electron chi connectivity index (χ2n) is 7.85. The van der Waals surface area contributed by atoms with Crippen molar-refractivity contribution in [3.05, 3.63) is 53.9 Å². The summed E-state index contributed by atoms with van der Waals surface area (Å²) in [6.07, 6.45) is 0. The number of ether oxygens (including phenoxy) is 1. The summed E-state index contributed by atoms with van der Waals surface area (Å²) in [5, 5.41) is 4.71. The van der Waals surface area contributed by atoms with E-state index in [-0.39, 0.29) is 11.3 Å². The Kier molecular flexibility index (Phi) is 4.44. The minimum atomic E-state index is -0.125. The van der Waals surface area contributed by atoms with Crippen LogP contribution in [0.5, 0.6) is 0 Å². The predicted molar refractivity (Wildman–Crippen MR) is 104 cm³/mol. The Bertz CT molecular complexity index is 967. The maximum absolute atomic E-state index is 13.2. The van der Waals surface area contributed by atoms with E-state index in [4.69, 9.17) is 14.8 Å². The molecule has 1 amide bonds. The van der Waals surface area contributed by atoms with E-state index in [0.29, 0.717) is 37.6 Å². The first kappa shape index (κ1) is 17.7. The summed E-state index contributed by atoms with van der Waals surface area (Å²) >= 11 is 0. The SMILES string of the molecule is CC(C)(C)c1cc2nc(-c3ccccc3)cc(C(=O)N3CCOCC3)n2n1. The minimum Gasteiger partial charge on any atom is -0.378 e. The van der Waals surface area contributed by atoms with Crippen molar-refractivity contribution in [1.82, 2.24) is 19.5 Å². The van der Waals surface area contributed by atoms with E-state index in [1.165, 1.54) is 0 Å². The standard InChI is InChI=1S/C21H24N4O2/c1-21(2,3)18-14-19-22-16(15-7-5-4-6-8-15)13-17(25(19)23-18)20(26)24-9-11-27-12-10-24/h4-8,13-14H,9-12H2,1-3H3. The van der Waals surface area contributed by atoms with Gasteiger partial charge in [0.1, 0.15) is 5.69 Å². The van der Waals surface area contributed by atoms with Crippen molar-refractivity contribution in [2.45, 2.75) is 26.2 Å². The molecule has 140 valence electrons. The van der Waals surface area contributed by atoms with Gasteiger partial charge in [-0.05, 0) is 6.07 Å². The number of benzene rings is 1. The molecule has 1 aliphatic rings. The normalized spacial score (nSPS) is 15.3. The Labute approximate surface area is 158 Å². The molecule has 0 unspecified atom stereocenters. The highest BCUT2D eigenvalue weighted by molar-refractivity contribution is 5.94. The number of carbonyl (C=O) groups is 1. The third-order valence-electron chi connectivity index (χ3n) is 4.78. The van der Waals surface area contributed by atoms with Gasteiger partial charge in [-0.3, -0.25) is 4.79 Å². The monoisotopic (exact) mass is 364 g/mol. The fraction of sp³-hybridized carbons (Fsp3) is 0.381. The van der Waals surface area contributed by atoms with E-state index in [9.17, 15) is 4.79 Å². The zero-order chi connectivity index (χ0) is 19.0. The average molecular weight is 364 g/mol. The summed E-state index contributed by atoms with van der Waals surface area (Å²) < 4.78 is 7.07. The van der Waals surface area contributed by atoms with Gasteiger partial charge in [0.15, 0.2) is 5.65 Å². The number of aromatic nitrogens is 3. The lowest BCUT2D eigenvalue weighted by Crippen LogP contribution is -2.41. The molecular weight excluding hydrogens is 340 g/mol. The van der Waals surface area contributed by atoms with Crippen molar-refractivity contribution in [2.24, 2.45) is 0 Å². The first-order valence-electron chi connectivity index (χ1n) is 9.27. The number of fused-ring (bicyclic) bond motifs is 1. The Morgan fingerprint density at radius 1 is 1.07 bits per heavy atom. The Morgan fingerprint density at radius 2 is 1.78 bits per heavy atom. The van der Waals surface area contributed by atoms with Crippen LogP contribution in [0, 0.1) is 0 Å². The van der Waals surface area contributed by atoms with Gasteiger partial charge in [0, 0.05) is 30.1 Å². The van der Waals surface area contributed by atoms with Crippen LogP contribution < -0.4 is 0 Å². The van der Waals surface area contributed by atoms with Crippen LogP contribution in [0.2, 0.25) is 0 Å². The lowest BCUT2D eigenvalue weighted by molar-refractivity contribution is 0.0297. The van der Waals surface area contributed by atoms with E-state index in [1.54, 1.807) is 4.52 Å². The van der Waals surface area contributed by atoms with Gasteiger partial charge in [0.2, 0.25) is 0 Å². The van der Waals surface area contributed by atoms with Crippen molar-refractivity contribution in [3.63, 3.8) is 0 Å². The molecular formula is C21H24N4O2. The smallest absolute Gasteiger partial charge is 0.272 e. The molecule has 2 aromatic heterocycles. The fourth-order valence-electron chi connectivity index (χ4n) is 3.18. The van der Waals surface area contributed by atoms with Crippen LogP contribution in [0.25, 0.3) is 16.9 Å². The van der Waals surface area contributed by atoms with E-state index < -0.39 is 0 Å². The maximum Gasteiger partial charge on any atom is 0.272 e. The fourth-order valence-corrected chi connectivity index (χ4v) is 3.18. The molecule has 6 nitrogen and oxygen atoms in total. The summed E-state index contributed by atoms with van der Waals surface area (Å²) in [5.41, 5.74) is 3.78. The molecule has 0 radical (unpaired) electrons. The highest BCUT2D eigenvalue weighted by Crippen LogP contribution is 2.25. The number of hydrogen-bond acceptors (Lipinski definition) is 4. The number of amides is 1. The molecule has 3 aromatic rings. The molecule has 4 rings (SSSR count). The van der Waals surface area contributed by atoms with E-state index in [2.05, 4.69) is 20.8 Å². The van der Waals surface area contributed by atoms with Crippen molar-refractivity contribution in [1.29, 1.82) is 0 Å². The molecule has 27 heavy (non-hydrogen) atoms. The minimum absolute atomic E-state index is 0.0357. The van der Waals surface area contributed by atoms with Crippen molar-refractivity contribution >= 4 is 11.6 Å². The zero-order valence-corrected chi connectivity index (χ0v) is 16.0. The summed E-state index contributed by atoms with van der Waals surface area (Å²) in [5.74, 6) is -0.0357. The molecule has 0 saturated carbocycles. The molecule has 6 heteroatoms. The van der Waals surface area contributed by atoms with Crippen molar-refractivity contribution in [3.8, 4) is 11.3 Å². The maximum atomic E-state index is 13.2. The van der Waals surface area contributed by atoms with E-state index in [1.807, 2.05) is 47.4 Å². The van der Waals surface area contributed by atoms with Crippen molar-refractivity contribution < 1.29 is 9.53 Å². The van der Waals surface area contributed by atoms with Gasteiger partial charge in [-0.2, -0.15) is 5.10 Å². The lowest BCUT2D eigenvalue weighted by atomic mass is 9.93. The molecule has 0 atom stereocenters. The third-order valence-corrected chi connectivity index (χ3v) is 4.78. The first-order chi connectivity index (χ1) is 12.9. The van der Waals surface area contributed by atoms with Gasteiger partial charge in [-0.25, -0.2) is 9.50 Å². The summed E-state index contributed by atoms with van der Waals surface area (Å²) in [6, 6.07) is 13.7. The summed E-state index contributed by atoms with van der Waals surface area (Å²) in [6.45, 7) is 8.65. The molecule has 1 saturated heterocycles. The highest BCUT2D eigenvalue weighted by Gasteiger charge is 2.25. The molecule has 0 bridgehead atoms. The predicted octanol–water partition coefficient (Wildman–Crippen LogP) is 3.17. The van der Waals surface area contributed by atoms with Crippen LogP contribution in [-0.2, 0) is 10.2 Å². The quantitative estimate of drug-likeness (QED) is 0.701. The number of morpholine rings is 1. The zero-order valence-electron chi connectivity index (χ0n) is 16.0. The second kappa shape index (κ2) is 6.78. The van der Waals surface area contributed by atoms with Gasteiger partial charge in [0.25, 0.3) is 5.91 Å². The number of rotatable bonds is 2. The van der Waals surface area contributed by atoms with Gasteiger partial charge in [-0.15, -0.1) is 0 Å². The number of carbonyl (C=O) groups excluding carboxylic acids is 1. The number of nitrogens with zero attached hydrogens (tertiary/aromatic N) is 4. The second-order valence-corrected chi connectivity index (χ2v) is 7.85. The molecule has 1 aromatic carbocycles. The third kappa shape index (κ3) is 3.45. The Morgan fingerprint density at radius 3 is 2.44 bits per heavy atom. The molecule has 0 spiro atoms. The molecule has 0 aliphatic carbocycles. The van der Waals surface area contributed by atoms with Crippen molar-refractivity contribution in [2.75, 3.05) is 26.3 Å². The summed E-state index contributed by atoms with van der Waals surface area (Å²) in [7, 11) is 0. The first-order valence-corrected chi connectivity index (χ1v) is 9.27. The topological polar surface area (TPSA) is 59.7 Å². The van der Waals surface area contributed by atoms with Crippen LogP contribution in [0.15, 0.2) is 42.5 Å². The van der Waals surface area contributed by atoms with E-state index in [0.717, 1.165) is 17.0 Å². The van der Waals surface area contributed by atoms with Crippen LogP contribution in [-0.4, -0.2) is 51.7 Å². The van der Waals surface area contributed by atoms with Crippen LogP contribution in [0.4, 0.5) is 0 Å². The highest BCUT2D eigenvalue weighted by atomic mass is 16.5. The van der Waals surface area contributed by atoms with Gasteiger partial charge < -0.3 is 9.64 Å². The lowest BCUT2D eigenvalue weighted by Gasteiger charge is -2.27. The van der Waals surface area contributed by atoms with Crippen LogP contribution >= 0.6 is 0 Å². The van der Waals surface area contributed by atoms with Gasteiger partial charge >= 0.3 is 0 Å². The molecule has 1 aliphatic heterocycles. The average Bonchev–Trinajstić information content (AvgIpc) is 3.13.